The van der Waals surface area contributed by atoms with Crippen molar-refractivity contribution in [2.75, 3.05) is 5.32 Å². The van der Waals surface area contributed by atoms with Gasteiger partial charge >= 0.3 is 0 Å². The molecule has 34 heavy (non-hydrogen) atoms. The minimum atomic E-state index is -1.13. The largest absolute Gasteiger partial charge is 0.487 e. The standard InChI is InChI=1S/C26H22N6O2/c27-24(33)20-8-1-2-9-22(20)31-26-21-14-19(34-16-18-7-3-4-13-29-18)10-11-23(21)30-25(32-26)17-6-5-12-28-15-17/h1-15,24,33H,16,27H2,(H,30,31,32). The lowest BCUT2D eigenvalue weighted by atomic mass is 10.1. The molecular formula is C26H22N6O2. The molecule has 0 bridgehead atoms. The molecule has 2 aromatic carbocycles. The van der Waals surface area contributed by atoms with E-state index in [1.165, 1.54) is 0 Å². The maximum Gasteiger partial charge on any atom is 0.163 e. The van der Waals surface area contributed by atoms with Gasteiger partial charge < -0.3 is 20.9 Å². The van der Waals surface area contributed by atoms with Crippen molar-refractivity contribution in [1.29, 1.82) is 0 Å². The first-order valence-corrected chi connectivity index (χ1v) is 10.7. The Labute approximate surface area is 196 Å². The number of hydrogen-bond acceptors (Lipinski definition) is 8. The molecule has 4 N–H and O–H groups in total. The third-order valence-electron chi connectivity index (χ3n) is 5.23. The van der Waals surface area contributed by atoms with Gasteiger partial charge in [-0.25, -0.2) is 9.97 Å². The Morgan fingerprint density at radius 3 is 2.62 bits per heavy atom. The molecule has 8 heteroatoms. The van der Waals surface area contributed by atoms with Crippen LogP contribution in [0, 0.1) is 0 Å². The van der Waals surface area contributed by atoms with Gasteiger partial charge in [-0.15, -0.1) is 0 Å². The van der Waals surface area contributed by atoms with E-state index in [2.05, 4.69) is 15.3 Å². The lowest BCUT2D eigenvalue weighted by Crippen LogP contribution is -2.11. The summed E-state index contributed by atoms with van der Waals surface area (Å²) in [5.74, 6) is 1.74. The second-order valence-electron chi connectivity index (χ2n) is 7.58. The summed E-state index contributed by atoms with van der Waals surface area (Å²) in [6, 6.07) is 22.4. The maximum atomic E-state index is 10.0. The van der Waals surface area contributed by atoms with Gasteiger partial charge in [0.2, 0.25) is 0 Å². The van der Waals surface area contributed by atoms with Crippen molar-refractivity contribution in [2.24, 2.45) is 5.73 Å². The molecule has 0 spiro atoms. The topological polar surface area (TPSA) is 119 Å². The summed E-state index contributed by atoms with van der Waals surface area (Å²) in [7, 11) is 0. The summed E-state index contributed by atoms with van der Waals surface area (Å²) in [5.41, 5.74) is 9.32. The number of fused-ring (bicyclic) bond motifs is 1. The second-order valence-corrected chi connectivity index (χ2v) is 7.58. The summed E-state index contributed by atoms with van der Waals surface area (Å²) in [4.78, 5) is 18.0. The third kappa shape index (κ3) is 4.68. The zero-order valence-electron chi connectivity index (χ0n) is 18.2. The Morgan fingerprint density at radius 2 is 1.82 bits per heavy atom. The number of benzene rings is 2. The molecule has 3 heterocycles. The highest BCUT2D eigenvalue weighted by Crippen LogP contribution is 2.32. The van der Waals surface area contributed by atoms with Crippen molar-refractivity contribution in [3.05, 3.63) is 103 Å². The van der Waals surface area contributed by atoms with Crippen LogP contribution in [0.5, 0.6) is 5.75 Å². The minimum Gasteiger partial charge on any atom is -0.487 e. The van der Waals surface area contributed by atoms with Crippen molar-refractivity contribution < 1.29 is 9.84 Å². The molecule has 168 valence electrons. The highest BCUT2D eigenvalue weighted by Gasteiger charge is 2.14. The maximum absolute atomic E-state index is 10.0. The van der Waals surface area contributed by atoms with Gasteiger partial charge in [0, 0.05) is 40.8 Å². The van der Waals surface area contributed by atoms with Crippen molar-refractivity contribution >= 4 is 22.4 Å². The van der Waals surface area contributed by atoms with Gasteiger partial charge in [-0.3, -0.25) is 9.97 Å². The number of rotatable bonds is 7. The van der Waals surface area contributed by atoms with E-state index in [1.807, 2.05) is 66.7 Å². The summed E-state index contributed by atoms with van der Waals surface area (Å²) in [5, 5.41) is 14.1. The lowest BCUT2D eigenvalue weighted by molar-refractivity contribution is 0.187. The van der Waals surface area contributed by atoms with E-state index in [9.17, 15) is 5.11 Å². The lowest BCUT2D eigenvalue weighted by Gasteiger charge is -2.16. The highest BCUT2D eigenvalue weighted by atomic mass is 16.5. The zero-order valence-corrected chi connectivity index (χ0v) is 18.2. The van der Waals surface area contributed by atoms with Crippen LogP contribution < -0.4 is 15.8 Å². The Hall–Kier alpha value is -4.40. The first-order chi connectivity index (χ1) is 16.7. The molecule has 3 aromatic heterocycles. The Balaban J connectivity index is 1.57. The van der Waals surface area contributed by atoms with Crippen LogP contribution >= 0.6 is 0 Å². The first kappa shape index (κ1) is 21.4. The van der Waals surface area contributed by atoms with Crippen molar-refractivity contribution in [3.63, 3.8) is 0 Å². The number of hydrogen-bond donors (Lipinski definition) is 3. The number of aliphatic hydroxyl groups excluding tert-OH is 1. The fourth-order valence-corrected chi connectivity index (χ4v) is 3.55. The van der Waals surface area contributed by atoms with Gasteiger partial charge in [-0.1, -0.05) is 24.3 Å². The van der Waals surface area contributed by atoms with Crippen molar-refractivity contribution in [2.45, 2.75) is 12.8 Å². The number of para-hydroxylation sites is 1. The molecule has 8 nitrogen and oxygen atoms in total. The molecule has 1 atom stereocenters. The molecule has 5 aromatic rings. The predicted octanol–water partition coefficient (Wildman–Crippen LogP) is 4.36. The monoisotopic (exact) mass is 450 g/mol. The van der Waals surface area contributed by atoms with E-state index < -0.39 is 6.23 Å². The summed E-state index contributed by atoms with van der Waals surface area (Å²) in [6.45, 7) is 0.339. The van der Waals surface area contributed by atoms with Gasteiger partial charge in [0.15, 0.2) is 5.82 Å². The van der Waals surface area contributed by atoms with Crippen LogP contribution in [0.25, 0.3) is 22.3 Å². The normalized spacial score (nSPS) is 11.8. The molecule has 0 fully saturated rings. The number of aliphatic hydroxyl groups is 1. The van der Waals surface area contributed by atoms with Crippen molar-refractivity contribution in [3.8, 4) is 17.1 Å². The second kappa shape index (κ2) is 9.62. The van der Waals surface area contributed by atoms with Crippen LogP contribution in [0.1, 0.15) is 17.5 Å². The van der Waals surface area contributed by atoms with E-state index >= 15 is 0 Å². The number of nitrogens with two attached hydrogens (primary N) is 1. The van der Waals surface area contributed by atoms with Crippen molar-refractivity contribution in [1.82, 2.24) is 19.9 Å². The molecule has 0 radical (unpaired) electrons. The smallest absolute Gasteiger partial charge is 0.163 e. The van der Waals surface area contributed by atoms with E-state index in [0.717, 1.165) is 22.2 Å². The van der Waals surface area contributed by atoms with E-state index in [0.29, 0.717) is 35.2 Å². The SMILES string of the molecule is NC(O)c1ccccc1Nc1nc(-c2cccnc2)nc2ccc(OCc3ccccn3)cc12. The Morgan fingerprint density at radius 1 is 0.941 bits per heavy atom. The Bertz CT molecular complexity index is 1410. The average Bonchev–Trinajstić information content (AvgIpc) is 2.89. The van der Waals surface area contributed by atoms with E-state index in [-0.39, 0.29) is 0 Å². The third-order valence-corrected chi connectivity index (χ3v) is 5.23. The molecule has 0 aliphatic rings. The van der Waals surface area contributed by atoms with Crippen LogP contribution in [-0.4, -0.2) is 25.0 Å². The van der Waals surface area contributed by atoms with Gasteiger partial charge in [0.05, 0.1) is 11.2 Å². The molecule has 1 unspecified atom stereocenters. The highest BCUT2D eigenvalue weighted by molar-refractivity contribution is 5.93. The molecular weight excluding hydrogens is 428 g/mol. The fraction of sp³-hybridized carbons (Fsp3) is 0.0769. The van der Waals surface area contributed by atoms with Gasteiger partial charge in [-0.05, 0) is 48.5 Å². The van der Waals surface area contributed by atoms with Crippen LogP contribution in [-0.2, 0) is 6.61 Å². The summed E-state index contributed by atoms with van der Waals surface area (Å²) in [6.07, 6.45) is 4.02. The Kier molecular flexibility index (Phi) is 6.07. The number of anilines is 2. The molecule has 0 aliphatic carbocycles. The van der Waals surface area contributed by atoms with Crippen LogP contribution in [0.15, 0.2) is 91.4 Å². The molecule has 0 saturated heterocycles. The minimum absolute atomic E-state index is 0.339. The van der Waals surface area contributed by atoms with Crippen LogP contribution in [0.2, 0.25) is 0 Å². The van der Waals surface area contributed by atoms with Crippen LogP contribution in [0.3, 0.4) is 0 Å². The zero-order chi connectivity index (χ0) is 23.3. The molecule has 0 aliphatic heterocycles. The number of nitrogens with one attached hydrogen (secondary N) is 1. The number of nitrogens with zero attached hydrogens (tertiary/aromatic N) is 4. The number of aromatic nitrogens is 4. The number of pyridine rings is 2. The van der Waals surface area contributed by atoms with Gasteiger partial charge in [0.1, 0.15) is 24.4 Å². The van der Waals surface area contributed by atoms with Crippen LogP contribution in [0.4, 0.5) is 11.5 Å². The summed E-state index contributed by atoms with van der Waals surface area (Å²) >= 11 is 0. The van der Waals surface area contributed by atoms with E-state index in [4.69, 9.17) is 20.4 Å². The summed E-state index contributed by atoms with van der Waals surface area (Å²) < 4.78 is 5.97. The van der Waals surface area contributed by atoms with Gasteiger partial charge in [0.25, 0.3) is 0 Å². The van der Waals surface area contributed by atoms with E-state index in [1.54, 1.807) is 24.7 Å². The molecule has 5 rings (SSSR count). The average molecular weight is 451 g/mol. The van der Waals surface area contributed by atoms with Gasteiger partial charge in [-0.2, -0.15) is 0 Å². The first-order valence-electron chi connectivity index (χ1n) is 10.7. The predicted molar refractivity (Wildman–Crippen MR) is 130 cm³/mol. The quantitative estimate of drug-likeness (QED) is 0.313. The fourth-order valence-electron chi connectivity index (χ4n) is 3.55. The number of ether oxygens (including phenoxy) is 1. The molecule has 0 amide bonds. The molecule has 0 saturated carbocycles.